The lowest BCUT2D eigenvalue weighted by atomic mass is 9.97. The van der Waals surface area contributed by atoms with Gasteiger partial charge in [0.15, 0.2) is 5.82 Å². The molecule has 1 fully saturated rings. The highest BCUT2D eigenvalue weighted by Crippen LogP contribution is 2.25. The molecule has 4 rings (SSSR count). The van der Waals surface area contributed by atoms with Gasteiger partial charge in [0.1, 0.15) is 24.7 Å². The van der Waals surface area contributed by atoms with Gasteiger partial charge in [-0.2, -0.15) is 5.10 Å². The minimum atomic E-state index is 0.416. The largest absolute Gasteiger partial charge is 0.492 e. The Labute approximate surface area is 159 Å². The molecule has 0 bridgehead atoms. The number of para-hydroxylation sites is 1. The molecule has 3 aromatic rings. The standard InChI is InChI=1S/C20H26N6O/c1-24-19(16-26-12-6-10-21-26)22-23-20(24)17-7-5-11-25(15-17)13-14-27-18-8-3-2-4-9-18/h2-4,6,8-10,12,17H,5,7,11,13-16H2,1H3/t17-/m1/s1. The van der Waals surface area contributed by atoms with Crippen LogP contribution in [0.2, 0.25) is 0 Å². The topological polar surface area (TPSA) is 61.0 Å². The Morgan fingerprint density at radius 3 is 2.85 bits per heavy atom. The van der Waals surface area contributed by atoms with Crippen LogP contribution in [0.25, 0.3) is 0 Å². The van der Waals surface area contributed by atoms with Crippen molar-refractivity contribution >= 4 is 0 Å². The minimum Gasteiger partial charge on any atom is -0.492 e. The van der Waals surface area contributed by atoms with Crippen molar-refractivity contribution in [3.8, 4) is 5.75 Å². The Balaban J connectivity index is 1.33. The molecule has 1 aromatic carbocycles. The van der Waals surface area contributed by atoms with E-state index in [0.717, 1.165) is 43.5 Å². The summed E-state index contributed by atoms with van der Waals surface area (Å²) < 4.78 is 9.86. The number of piperidine rings is 1. The number of rotatable bonds is 7. The van der Waals surface area contributed by atoms with Gasteiger partial charge in [-0.3, -0.25) is 9.58 Å². The molecule has 0 N–H and O–H groups in total. The zero-order chi connectivity index (χ0) is 18.5. The van der Waals surface area contributed by atoms with Crippen LogP contribution in [0.1, 0.15) is 30.4 Å². The first-order valence-corrected chi connectivity index (χ1v) is 9.55. The molecule has 1 aliphatic heterocycles. The molecule has 0 saturated carbocycles. The third-order valence-corrected chi connectivity index (χ3v) is 5.15. The van der Waals surface area contributed by atoms with Crippen LogP contribution in [0.5, 0.6) is 5.75 Å². The van der Waals surface area contributed by atoms with E-state index in [1.807, 2.05) is 47.3 Å². The summed E-state index contributed by atoms with van der Waals surface area (Å²) in [5.74, 6) is 3.37. The van der Waals surface area contributed by atoms with Crippen LogP contribution in [0, 0.1) is 0 Å². The van der Waals surface area contributed by atoms with E-state index in [1.54, 1.807) is 6.20 Å². The molecule has 7 heteroatoms. The molecular weight excluding hydrogens is 340 g/mol. The average molecular weight is 366 g/mol. The average Bonchev–Trinajstić information content (AvgIpc) is 3.34. The Bertz CT molecular complexity index is 830. The summed E-state index contributed by atoms with van der Waals surface area (Å²) in [5.41, 5.74) is 0. The van der Waals surface area contributed by atoms with Gasteiger partial charge in [0.25, 0.3) is 0 Å². The highest BCUT2D eigenvalue weighted by Gasteiger charge is 2.25. The zero-order valence-corrected chi connectivity index (χ0v) is 15.7. The normalized spacial score (nSPS) is 17.9. The molecule has 0 spiro atoms. The van der Waals surface area contributed by atoms with E-state index < -0.39 is 0 Å². The van der Waals surface area contributed by atoms with Crippen molar-refractivity contribution in [2.45, 2.75) is 25.3 Å². The van der Waals surface area contributed by atoms with Gasteiger partial charge in [-0.1, -0.05) is 18.2 Å². The van der Waals surface area contributed by atoms with E-state index in [-0.39, 0.29) is 0 Å². The summed E-state index contributed by atoms with van der Waals surface area (Å²) in [6, 6.07) is 11.9. The monoisotopic (exact) mass is 366 g/mol. The van der Waals surface area contributed by atoms with Crippen LogP contribution in [0.15, 0.2) is 48.8 Å². The fourth-order valence-electron chi connectivity index (χ4n) is 3.69. The Hall–Kier alpha value is -2.67. The molecule has 0 radical (unpaired) electrons. The van der Waals surface area contributed by atoms with E-state index in [4.69, 9.17) is 4.74 Å². The zero-order valence-electron chi connectivity index (χ0n) is 15.7. The van der Waals surface area contributed by atoms with Crippen molar-refractivity contribution in [3.63, 3.8) is 0 Å². The van der Waals surface area contributed by atoms with Gasteiger partial charge < -0.3 is 9.30 Å². The number of likely N-dealkylation sites (tertiary alicyclic amines) is 1. The lowest BCUT2D eigenvalue weighted by Crippen LogP contribution is -2.37. The third kappa shape index (κ3) is 4.36. The number of benzene rings is 1. The first kappa shape index (κ1) is 17.7. The lowest BCUT2D eigenvalue weighted by molar-refractivity contribution is 0.167. The first-order chi connectivity index (χ1) is 13.3. The van der Waals surface area contributed by atoms with Gasteiger partial charge in [-0.05, 0) is 37.6 Å². The van der Waals surface area contributed by atoms with Crippen molar-refractivity contribution in [1.82, 2.24) is 29.4 Å². The maximum atomic E-state index is 5.85. The first-order valence-electron chi connectivity index (χ1n) is 9.55. The summed E-state index contributed by atoms with van der Waals surface area (Å²) >= 11 is 0. The van der Waals surface area contributed by atoms with E-state index >= 15 is 0 Å². The molecule has 2 aromatic heterocycles. The van der Waals surface area contributed by atoms with Crippen LogP contribution in [0.3, 0.4) is 0 Å². The van der Waals surface area contributed by atoms with Crippen LogP contribution >= 0.6 is 0 Å². The van der Waals surface area contributed by atoms with Crippen molar-refractivity contribution < 1.29 is 4.74 Å². The lowest BCUT2D eigenvalue weighted by Gasteiger charge is -2.32. The second kappa shape index (κ2) is 8.35. The summed E-state index contributed by atoms with van der Waals surface area (Å²) in [4.78, 5) is 2.47. The molecule has 27 heavy (non-hydrogen) atoms. The molecule has 3 heterocycles. The predicted molar refractivity (Wildman–Crippen MR) is 103 cm³/mol. The molecule has 1 atom stereocenters. The molecule has 0 amide bonds. The van der Waals surface area contributed by atoms with Crippen LogP contribution in [0.4, 0.5) is 0 Å². The number of aromatic nitrogens is 5. The van der Waals surface area contributed by atoms with E-state index in [9.17, 15) is 0 Å². The van der Waals surface area contributed by atoms with Crippen LogP contribution in [-0.2, 0) is 13.6 Å². The number of hydrogen-bond donors (Lipinski definition) is 0. The predicted octanol–water partition coefficient (Wildman–Crippen LogP) is 2.32. The third-order valence-electron chi connectivity index (χ3n) is 5.15. The molecule has 142 valence electrons. The maximum absolute atomic E-state index is 5.85. The summed E-state index contributed by atoms with van der Waals surface area (Å²) in [6.45, 7) is 4.42. The van der Waals surface area contributed by atoms with Gasteiger partial charge >= 0.3 is 0 Å². The van der Waals surface area contributed by atoms with Crippen molar-refractivity contribution in [2.75, 3.05) is 26.2 Å². The van der Waals surface area contributed by atoms with Crippen LogP contribution < -0.4 is 4.74 Å². The van der Waals surface area contributed by atoms with E-state index in [1.165, 1.54) is 6.42 Å². The smallest absolute Gasteiger partial charge is 0.154 e. The number of ether oxygens (including phenoxy) is 1. The fourth-order valence-corrected chi connectivity index (χ4v) is 3.69. The van der Waals surface area contributed by atoms with Gasteiger partial charge in [0, 0.05) is 38.4 Å². The van der Waals surface area contributed by atoms with Gasteiger partial charge in [0.05, 0.1) is 0 Å². The van der Waals surface area contributed by atoms with Crippen molar-refractivity contribution in [3.05, 3.63) is 60.4 Å². The van der Waals surface area contributed by atoms with Crippen molar-refractivity contribution in [2.24, 2.45) is 7.05 Å². The van der Waals surface area contributed by atoms with Gasteiger partial charge in [-0.25, -0.2) is 0 Å². The van der Waals surface area contributed by atoms with Gasteiger partial charge in [0.2, 0.25) is 0 Å². The Morgan fingerprint density at radius 1 is 1.15 bits per heavy atom. The summed E-state index contributed by atoms with van der Waals surface area (Å²) in [7, 11) is 2.06. The van der Waals surface area contributed by atoms with Crippen molar-refractivity contribution in [1.29, 1.82) is 0 Å². The number of hydrogen-bond acceptors (Lipinski definition) is 5. The highest BCUT2D eigenvalue weighted by molar-refractivity contribution is 5.20. The molecule has 7 nitrogen and oxygen atoms in total. The van der Waals surface area contributed by atoms with E-state index in [0.29, 0.717) is 19.1 Å². The summed E-state index contributed by atoms with van der Waals surface area (Å²) in [5, 5.41) is 13.2. The SMILES string of the molecule is Cn1c(Cn2cccn2)nnc1[C@@H]1CCCN(CCOc2ccccc2)C1. The number of nitrogens with zero attached hydrogens (tertiary/aromatic N) is 6. The maximum Gasteiger partial charge on any atom is 0.154 e. The highest BCUT2D eigenvalue weighted by atomic mass is 16.5. The fraction of sp³-hybridized carbons (Fsp3) is 0.450. The summed E-state index contributed by atoms with van der Waals surface area (Å²) in [6.07, 6.45) is 6.07. The molecule has 0 aliphatic carbocycles. The molecular formula is C20H26N6O. The van der Waals surface area contributed by atoms with E-state index in [2.05, 4.69) is 31.8 Å². The minimum absolute atomic E-state index is 0.416. The van der Waals surface area contributed by atoms with Gasteiger partial charge in [-0.15, -0.1) is 10.2 Å². The molecule has 1 saturated heterocycles. The Morgan fingerprint density at radius 2 is 2.04 bits per heavy atom. The quantitative estimate of drug-likeness (QED) is 0.642. The molecule has 0 unspecified atom stereocenters. The van der Waals surface area contributed by atoms with Crippen LogP contribution in [-0.4, -0.2) is 55.7 Å². The Kier molecular flexibility index (Phi) is 5.48. The second-order valence-corrected chi connectivity index (χ2v) is 7.04. The molecule has 1 aliphatic rings. The second-order valence-electron chi connectivity index (χ2n) is 7.04.